The highest BCUT2D eigenvalue weighted by Gasteiger charge is 2.45. The average molecular weight is 268 g/mol. The van der Waals surface area contributed by atoms with E-state index in [1.165, 1.54) is 6.33 Å². The molecule has 0 radical (unpaired) electrons. The van der Waals surface area contributed by atoms with Gasteiger partial charge in [0.15, 0.2) is 0 Å². The van der Waals surface area contributed by atoms with Crippen LogP contribution in [0.2, 0.25) is 0 Å². The highest BCUT2D eigenvalue weighted by molar-refractivity contribution is 6.32. The van der Waals surface area contributed by atoms with Gasteiger partial charge in [0.2, 0.25) is 5.79 Å². The van der Waals surface area contributed by atoms with Crippen molar-refractivity contribution in [3.63, 3.8) is 0 Å². The van der Waals surface area contributed by atoms with Crippen LogP contribution in [0.5, 0.6) is 0 Å². The van der Waals surface area contributed by atoms with Crippen LogP contribution >= 0.6 is 11.6 Å². The molecule has 18 heavy (non-hydrogen) atoms. The normalized spacial score (nSPS) is 31.6. The molecular formula is C12H14ClN3O2. The molecule has 5 nitrogen and oxygen atoms in total. The minimum absolute atomic E-state index is 0.0412. The van der Waals surface area contributed by atoms with Crippen molar-refractivity contribution < 1.29 is 9.47 Å². The molecule has 1 fully saturated rings. The minimum atomic E-state index is -0.836. The molecule has 2 heterocycles. The lowest BCUT2D eigenvalue weighted by Crippen LogP contribution is -2.38. The third-order valence-corrected chi connectivity index (χ3v) is 3.42. The molecule has 2 unspecified atom stereocenters. The molecule has 0 aromatic carbocycles. The highest BCUT2D eigenvalue weighted by atomic mass is 35.5. The van der Waals surface area contributed by atoms with Crippen LogP contribution in [-0.2, 0) is 16.0 Å². The summed E-state index contributed by atoms with van der Waals surface area (Å²) < 4.78 is 13.5. The first-order valence-corrected chi connectivity index (χ1v) is 6.28. The third-order valence-electron chi connectivity index (χ3n) is 3.07. The van der Waals surface area contributed by atoms with Gasteiger partial charge in [-0.15, -0.1) is 0 Å². The summed E-state index contributed by atoms with van der Waals surface area (Å²) in [5.74, 6) is -0.836. The number of allylic oxidation sites excluding steroid dienone is 2. The fraction of sp³-hybridized carbons (Fsp3) is 0.500. The van der Waals surface area contributed by atoms with Crippen LogP contribution in [0, 0.1) is 0 Å². The summed E-state index contributed by atoms with van der Waals surface area (Å²) in [5.41, 5.74) is 0.893. The van der Waals surface area contributed by atoms with Crippen molar-refractivity contribution in [3.05, 3.63) is 35.4 Å². The first-order valence-electron chi connectivity index (χ1n) is 5.90. The summed E-state index contributed by atoms with van der Waals surface area (Å²) in [7, 11) is 0. The molecule has 1 aliphatic heterocycles. The third kappa shape index (κ3) is 1.98. The molecule has 1 aromatic rings. The summed E-state index contributed by atoms with van der Waals surface area (Å²) in [5, 5.41) is 4.80. The topological polar surface area (TPSA) is 49.2 Å². The Bertz CT molecular complexity index is 497. The zero-order chi connectivity index (χ0) is 12.6. The quantitative estimate of drug-likeness (QED) is 0.839. The van der Waals surface area contributed by atoms with Crippen LogP contribution in [0.4, 0.5) is 0 Å². The van der Waals surface area contributed by atoms with E-state index < -0.39 is 5.79 Å². The van der Waals surface area contributed by atoms with Crippen molar-refractivity contribution in [1.82, 2.24) is 14.8 Å². The van der Waals surface area contributed by atoms with E-state index in [2.05, 4.69) is 10.1 Å². The molecule has 0 bridgehead atoms. The van der Waals surface area contributed by atoms with Crippen LogP contribution in [0.1, 0.15) is 13.3 Å². The number of rotatable bonds is 3. The van der Waals surface area contributed by atoms with Crippen molar-refractivity contribution in [3.8, 4) is 0 Å². The van der Waals surface area contributed by atoms with Gasteiger partial charge in [-0.1, -0.05) is 23.8 Å². The molecule has 1 aromatic heterocycles. The molecule has 96 valence electrons. The van der Waals surface area contributed by atoms with Gasteiger partial charge in [-0.25, -0.2) is 9.67 Å². The average Bonchev–Trinajstić information content (AvgIpc) is 3.02. The molecule has 1 saturated heterocycles. The van der Waals surface area contributed by atoms with Gasteiger partial charge in [0.25, 0.3) is 0 Å². The Balaban J connectivity index is 1.92. The second-order valence-corrected chi connectivity index (χ2v) is 4.90. The van der Waals surface area contributed by atoms with E-state index in [1.54, 1.807) is 11.0 Å². The van der Waals surface area contributed by atoms with Gasteiger partial charge in [-0.2, -0.15) is 5.10 Å². The van der Waals surface area contributed by atoms with E-state index >= 15 is 0 Å². The molecule has 0 saturated carbocycles. The van der Waals surface area contributed by atoms with E-state index in [-0.39, 0.29) is 6.10 Å². The van der Waals surface area contributed by atoms with E-state index in [0.29, 0.717) is 18.2 Å². The molecule has 0 spiro atoms. The minimum Gasteiger partial charge on any atom is -0.342 e. The largest absolute Gasteiger partial charge is 0.342 e. The van der Waals surface area contributed by atoms with Gasteiger partial charge in [-0.05, 0) is 13.3 Å². The predicted molar refractivity (Wildman–Crippen MR) is 65.9 cm³/mol. The number of aromatic nitrogens is 3. The van der Waals surface area contributed by atoms with Crippen LogP contribution in [0.15, 0.2) is 35.4 Å². The summed E-state index contributed by atoms with van der Waals surface area (Å²) in [6.07, 6.45) is 7.98. The Morgan fingerprint density at radius 3 is 3.00 bits per heavy atom. The van der Waals surface area contributed by atoms with Gasteiger partial charge in [0.1, 0.15) is 19.2 Å². The Hall–Kier alpha value is -1.17. The van der Waals surface area contributed by atoms with Crippen molar-refractivity contribution in [2.75, 3.05) is 6.61 Å². The summed E-state index contributed by atoms with van der Waals surface area (Å²) in [6.45, 7) is 2.99. The number of halogens is 1. The molecule has 0 amide bonds. The Kier molecular flexibility index (Phi) is 2.97. The summed E-state index contributed by atoms with van der Waals surface area (Å²) >= 11 is 6.22. The maximum absolute atomic E-state index is 6.22. The highest BCUT2D eigenvalue weighted by Crippen LogP contribution is 2.40. The maximum atomic E-state index is 6.22. The molecule has 3 rings (SSSR count). The lowest BCUT2D eigenvalue weighted by Gasteiger charge is -2.29. The predicted octanol–water partition coefficient (Wildman–Crippen LogP) is 1.86. The summed E-state index contributed by atoms with van der Waals surface area (Å²) in [6, 6.07) is 0. The number of nitrogens with zero attached hydrogens (tertiary/aromatic N) is 3. The Morgan fingerprint density at radius 2 is 2.44 bits per heavy atom. The van der Waals surface area contributed by atoms with E-state index in [9.17, 15) is 0 Å². The molecule has 2 aliphatic rings. The first kappa shape index (κ1) is 11.9. The van der Waals surface area contributed by atoms with Crippen LogP contribution in [-0.4, -0.2) is 33.3 Å². The van der Waals surface area contributed by atoms with Crippen LogP contribution in [0.25, 0.3) is 0 Å². The standard InChI is InChI=1S/C12H14ClN3O2/c1-9-5-17-12(18-9,6-16-8-14-7-15-16)10-3-2-4-11(10)13/h3-4,7-9H,2,5-6H2,1H3. The molecular weight excluding hydrogens is 254 g/mol. The van der Waals surface area contributed by atoms with E-state index in [0.717, 1.165) is 12.0 Å². The van der Waals surface area contributed by atoms with Gasteiger partial charge in [0.05, 0.1) is 12.7 Å². The van der Waals surface area contributed by atoms with Gasteiger partial charge >= 0.3 is 0 Å². The van der Waals surface area contributed by atoms with Crippen LogP contribution < -0.4 is 0 Å². The maximum Gasteiger partial charge on any atom is 0.216 e. The Labute approximate surface area is 110 Å². The lowest BCUT2D eigenvalue weighted by molar-refractivity contribution is -0.145. The smallest absolute Gasteiger partial charge is 0.216 e. The van der Waals surface area contributed by atoms with Gasteiger partial charge < -0.3 is 9.47 Å². The van der Waals surface area contributed by atoms with Crippen molar-refractivity contribution >= 4 is 11.6 Å². The number of ether oxygens (including phenoxy) is 2. The SMILES string of the molecule is CC1COC(Cn2cncn2)(C2=CCC=C2Cl)O1. The zero-order valence-electron chi connectivity index (χ0n) is 10.0. The van der Waals surface area contributed by atoms with Gasteiger partial charge in [0, 0.05) is 10.6 Å². The van der Waals surface area contributed by atoms with Crippen molar-refractivity contribution in [2.45, 2.75) is 31.8 Å². The molecule has 1 aliphatic carbocycles. The molecule has 2 atom stereocenters. The lowest BCUT2D eigenvalue weighted by atomic mass is 10.1. The number of hydrogen-bond acceptors (Lipinski definition) is 4. The van der Waals surface area contributed by atoms with Gasteiger partial charge in [-0.3, -0.25) is 0 Å². The fourth-order valence-corrected chi connectivity index (χ4v) is 2.62. The monoisotopic (exact) mass is 267 g/mol. The fourth-order valence-electron chi connectivity index (χ4n) is 2.31. The second-order valence-electron chi connectivity index (χ2n) is 4.49. The first-order chi connectivity index (χ1) is 8.70. The van der Waals surface area contributed by atoms with Crippen molar-refractivity contribution in [1.29, 1.82) is 0 Å². The second kappa shape index (κ2) is 4.50. The summed E-state index contributed by atoms with van der Waals surface area (Å²) in [4.78, 5) is 3.93. The Morgan fingerprint density at radius 1 is 1.56 bits per heavy atom. The molecule has 6 heteroatoms. The zero-order valence-corrected chi connectivity index (χ0v) is 10.8. The van der Waals surface area contributed by atoms with Crippen LogP contribution in [0.3, 0.4) is 0 Å². The van der Waals surface area contributed by atoms with E-state index in [1.807, 2.05) is 19.1 Å². The van der Waals surface area contributed by atoms with E-state index in [4.69, 9.17) is 21.1 Å². The van der Waals surface area contributed by atoms with Crippen molar-refractivity contribution in [2.24, 2.45) is 0 Å². The number of hydrogen-bond donors (Lipinski definition) is 0. The molecule has 0 N–H and O–H groups in total.